The van der Waals surface area contributed by atoms with Crippen LogP contribution in [0.4, 0.5) is 13.9 Å². The van der Waals surface area contributed by atoms with Crippen molar-refractivity contribution in [1.29, 1.82) is 0 Å². The number of benzene rings is 3. The molecule has 11 nitrogen and oxygen atoms in total. The number of nitrogens with zero attached hydrogens (tertiary/aromatic N) is 2. The van der Waals surface area contributed by atoms with Gasteiger partial charge in [0.2, 0.25) is 15.5 Å². The topological polar surface area (TPSA) is 173 Å². The van der Waals surface area contributed by atoms with Crippen LogP contribution in [0.25, 0.3) is 10.9 Å². The number of rotatable bonds is 12. The molecule has 0 radical (unpaired) electrons. The summed E-state index contributed by atoms with van der Waals surface area (Å²) in [5.41, 5.74) is 4.80. The molecule has 1 amide bonds. The number of carbonyl (C=O) groups excluding carboxylic acids is 1. The zero-order valence-corrected chi connectivity index (χ0v) is 25.6. The normalized spacial score (nSPS) is 12.2. The first-order chi connectivity index (χ1) is 21.9. The minimum Gasteiger partial charge on any atom is -0.480 e. The van der Waals surface area contributed by atoms with Gasteiger partial charge in [-0.1, -0.05) is 48.5 Å². The summed E-state index contributed by atoms with van der Waals surface area (Å²) in [5, 5.41) is 13.3. The quantitative estimate of drug-likeness (QED) is 0.157. The number of amides is 1. The lowest BCUT2D eigenvalue weighted by atomic mass is 10.0. The molecule has 46 heavy (non-hydrogen) atoms. The molecule has 0 saturated carbocycles. The summed E-state index contributed by atoms with van der Waals surface area (Å²) in [5.74, 6) is -4.67. The Morgan fingerprint density at radius 1 is 1.07 bits per heavy atom. The predicted octanol–water partition coefficient (Wildman–Crippen LogP) is 3.31. The minimum absolute atomic E-state index is 0.0847. The Labute approximate surface area is 265 Å². The van der Waals surface area contributed by atoms with Gasteiger partial charge in [0, 0.05) is 36.7 Å². The summed E-state index contributed by atoms with van der Waals surface area (Å²) in [4.78, 5) is 42.5. The lowest BCUT2D eigenvalue weighted by molar-refractivity contribution is -0.138. The molecule has 0 aliphatic heterocycles. The summed E-state index contributed by atoms with van der Waals surface area (Å²) in [6.07, 6.45) is 1.25. The summed E-state index contributed by atoms with van der Waals surface area (Å²) < 4.78 is 60.1. The van der Waals surface area contributed by atoms with Gasteiger partial charge >= 0.3 is 5.97 Å². The van der Waals surface area contributed by atoms with Crippen molar-refractivity contribution in [3.05, 3.63) is 123 Å². The van der Waals surface area contributed by atoms with Crippen LogP contribution in [0.15, 0.2) is 88.0 Å². The standard InChI is InChI=1S/C31H27F2N5O6S2/c32-24-14-22-27(26(33)21(24)13-19-17-45-31(34)36-19)38(12-11-18-7-3-1-4-8-18)16-23(28(22)39)29(40)35-15-25(30(41)42)37-46(43,44)20-9-5-2-6-10-20/h1-10,14,16-17,25,37H,11-13,15H2,(H2,34,36)(H,35,40)(H,41,42). The van der Waals surface area contributed by atoms with Crippen molar-refractivity contribution in [3.63, 3.8) is 0 Å². The summed E-state index contributed by atoms with van der Waals surface area (Å²) in [6.45, 7) is -0.651. The number of hydrogen-bond donors (Lipinski definition) is 4. The number of fused-ring (bicyclic) bond motifs is 1. The zero-order valence-electron chi connectivity index (χ0n) is 23.9. The molecule has 5 rings (SSSR count). The Balaban J connectivity index is 1.50. The molecular weight excluding hydrogens is 641 g/mol. The molecule has 2 aromatic heterocycles. The molecule has 238 valence electrons. The van der Waals surface area contributed by atoms with Crippen LogP contribution < -0.4 is 21.2 Å². The van der Waals surface area contributed by atoms with Gasteiger partial charge in [-0.2, -0.15) is 4.72 Å². The highest BCUT2D eigenvalue weighted by Gasteiger charge is 2.28. The number of halogens is 2. The van der Waals surface area contributed by atoms with Crippen LogP contribution in [0.1, 0.15) is 27.2 Å². The third-order valence-corrected chi connectivity index (χ3v) is 9.33. The van der Waals surface area contributed by atoms with E-state index >= 15 is 8.78 Å². The Morgan fingerprint density at radius 2 is 1.74 bits per heavy atom. The minimum atomic E-state index is -4.27. The van der Waals surface area contributed by atoms with Gasteiger partial charge in [0.15, 0.2) is 10.9 Å². The molecule has 0 aliphatic rings. The van der Waals surface area contributed by atoms with E-state index in [0.717, 1.165) is 29.2 Å². The number of aromatic nitrogens is 2. The van der Waals surface area contributed by atoms with E-state index in [4.69, 9.17) is 5.73 Å². The lowest BCUT2D eigenvalue weighted by Crippen LogP contribution is -2.48. The van der Waals surface area contributed by atoms with E-state index in [0.29, 0.717) is 12.1 Å². The monoisotopic (exact) mass is 667 g/mol. The van der Waals surface area contributed by atoms with Crippen molar-refractivity contribution in [1.82, 2.24) is 19.6 Å². The van der Waals surface area contributed by atoms with Crippen molar-refractivity contribution < 1.29 is 31.9 Å². The van der Waals surface area contributed by atoms with Crippen LogP contribution in [-0.2, 0) is 34.2 Å². The molecule has 1 unspecified atom stereocenters. The number of carbonyl (C=O) groups is 2. The van der Waals surface area contributed by atoms with Crippen LogP contribution in [-0.4, -0.2) is 47.5 Å². The first-order valence-corrected chi connectivity index (χ1v) is 16.2. The maximum atomic E-state index is 16.1. The predicted molar refractivity (Wildman–Crippen MR) is 168 cm³/mol. The van der Waals surface area contributed by atoms with Gasteiger partial charge in [-0.3, -0.25) is 14.4 Å². The third kappa shape index (κ3) is 7.11. The van der Waals surface area contributed by atoms with Crippen molar-refractivity contribution in [2.45, 2.75) is 30.3 Å². The molecule has 0 fully saturated rings. The molecule has 0 saturated heterocycles. The maximum absolute atomic E-state index is 16.1. The molecule has 0 spiro atoms. The number of nitrogens with two attached hydrogens (primary N) is 1. The number of sulfonamides is 1. The first-order valence-electron chi connectivity index (χ1n) is 13.8. The fourth-order valence-corrected chi connectivity index (χ4v) is 6.60. The third-order valence-electron chi connectivity index (χ3n) is 7.12. The van der Waals surface area contributed by atoms with Crippen molar-refractivity contribution in [2.75, 3.05) is 12.3 Å². The highest BCUT2D eigenvalue weighted by Crippen LogP contribution is 2.26. The highest BCUT2D eigenvalue weighted by molar-refractivity contribution is 7.89. The van der Waals surface area contributed by atoms with Crippen LogP contribution in [0.2, 0.25) is 0 Å². The van der Waals surface area contributed by atoms with Gasteiger partial charge in [-0.25, -0.2) is 22.2 Å². The molecule has 2 heterocycles. The largest absolute Gasteiger partial charge is 0.480 e. The second-order valence-electron chi connectivity index (χ2n) is 10.2. The fraction of sp³-hybridized carbons (Fsp3) is 0.161. The van der Waals surface area contributed by atoms with Crippen LogP contribution in [0.5, 0.6) is 0 Å². The Hall–Kier alpha value is -4.99. The SMILES string of the molecule is Nc1nc(Cc2c(F)cc3c(=O)c(C(=O)NCC(NS(=O)(=O)c4ccccc4)C(=O)O)cn(CCc4ccccc4)c3c2F)cs1. The Morgan fingerprint density at radius 3 is 2.37 bits per heavy atom. The molecule has 1 atom stereocenters. The van der Waals surface area contributed by atoms with E-state index in [1.54, 1.807) is 11.4 Å². The van der Waals surface area contributed by atoms with Crippen LogP contribution in [0.3, 0.4) is 0 Å². The zero-order chi connectivity index (χ0) is 33.0. The van der Waals surface area contributed by atoms with Crippen LogP contribution in [0, 0.1) is 11.6 Å². The van der Waals surface area contributed by atoms with Gasteiger partial charge in [0.1, 0.15) is 17.4 Å². The summed E-state index contributed by atoms with van der Waals surface area (Å²) >= 11 is 1.11. The Kier molecular flexibility index (Phi) is 9.55. The molecule has 3 aromatic carbocycles. The molecule has 5 aromatic rings. The number of carboxylic acid groups (broad SMARTS) is 1. The van der Waals surface area contributed by atoms with E-state index in [-0.39, 0.29) is 34.1 Å². The number of thiazole rings is 1. The maximum Gasteiger partial charge on any atom is 0.323 e. The van der Waals surface area contributed by atoms with E-state index in [9.17, 15) is 27.9 Å². The molecule has 0 bridgehead atoms. The van der Waals surface area contributed by atoms with Crippen molar-refractivity contribution >= 4 is 49.3 Å². The van der Waals surface area contributed by atoms with Crippen LogP contribution >= 0.6 is 11.3 Å². The number of hydrogen-bond acceptors (Lipinski definition) is 8. The van der Waals surface area contributed by atoms with Gasteiger partial charge < -0.3 is 20.7 Å². The second kappa shape index (κ2) is 13.6. The summed E-state index contributed by atoms with van der Waals surface area (Å²) in [7, 11) is -4.27. The molecule has 5 N–H and O–H groups in total. The lowest BCUT2D eigenvalue weighted by Gasteiger charge is -2.18. The van der Waals surface area contributed by atoms with E-state index in [1.807, 2.05) is 35.1 Å². The summed E-state index contributed by atoms with van der Waals surface area (Å²) in [6, 6.07) is 15.2. The number of nitrogen functional groups attached to an aromatic ring is 1. The number of aryl methyl sites for hydroxylation is 2. The fourth-order valence-electron chi connectivity index (χ4n) is 4.83. The molecule has 15 heteroatoms. The highest BCUT2D eigenvalue weighted by atomic mass is 32.2. The number of carboxylic acids is 1. The number of nitrogens with one attached hydrogen (secondary N) is 2. The number of pyridine rings is 1. The van der Waals surface area contributed by atoms with Gasteiger partial charge in [-0.05, 0) is 30.2 Å². The van der Waals surface area contributed by atoms with E-state index in [2.05, 4.69) is 10.3 Å². The average molecular weight is 668 g/mol. The van der Waals surface area contributed by atoms with E-state index in [1.165, 1.54) is 28.8 Å². The first kappa shape index (κ1) is 32.4. The van der Waals surface area contributed by atoms with E-state index < -0.39 is 62.5 Å². The average Bonchev–Trinajstić information content (AvgIpc) is 3.46. The van der Waals surface area contributed by atoms with Crippen molar-refractivity contribution in [2.24, 2.45) is 0 Å². The second-order valence-corrected chi connectivity index (χ2v) is 12.8. The van der Waals surface area contributed by atoms with Gasteiger partial charge in [0.25, 0.3) is 5.91 Å². The Bertz CT molecular complexity index is 2090. The number of aliphatic carboxylic acids is 1. The smallest absolute Gasteiger partial charge is 0.323 e. The van der Waals surface area contributed by atoms with Gasteiger partial charge in [-0.15, -0.1) is 11.3 Å². The molecule has 0 aliphatic carbocycles. The van der Waals surface area contributed by atoms with Gasteiger partial charge in [0.05, 0.1) is 21.5 Å². The number of anilines is 1. The van der Waals surface area contributed by atoms with Crippen molar-refractivity contribution in [3.8, 4) is 0 Å². The molecular formula is C31H27F2N5O6S2.